The standard InChI is InChI=1S/C20H26N4O/c1-13-11-14(2)18(15(3)12-13)24-20-21-10-9-17(23-20)19(25)22-16-7-5-4-6-8-16/h9-12,16H,4-8H2,1-3H3,(H,22,25)(H,21,23,24). The van der Waals surface area contributed by atoms with E-state index in [2.05, 4.69) is 53.5 Å². The highest BCUT2D eigenvalue weighted by Gasteiger charge is 2.18. The van der Waals surface area contributed by atoms with Gasteiger partial charge in [-0.25, -0.2) is 9.97 Å². The van der Waals surface area contributed by atoms with E-state index in [0.717, 1.165) is 29.7 Å². The lowest BCUT2D eigenvalue weighted by Crippen LogP contribution is -2.36. The van der Waals surface area contributed by atoms with Gasteiger partial charge in [0.05, 0.1) is 0 Å². The maximum atomic E-state index is 12.5. The third-order valence-corrected chi connectivity index (χ3v) is 4.74. The molecule has 1 aromatic heterocycles. The Morgan fingerprint density at radius 3 is 2.44 bits per heavy atom. The number of rotatable bonds is 4. The smallest absolute Gasteiger partial charge is 0.270 e. The normalized spacial score (nSPS) is 15.0. The number of anilines is 2. The van der Waals surface area contributed by atoms with Crippen molar-refractivity contribution in [3.63, 3.8) is 0 Å². The van der Waals surface area contributed by atoms with E-state index in [1.54, 1.807) is 12.3 Å². The summed E-state index contributed by atoms with van der Waals surface area (Å²) < 4.78 is 0. The van der Waals surface area contributed by atoms with Gasteiger partial charge in [-0.1, -0.05) is 37.0 Å². The molecule has 3 rings (SSSR count). The number of hydrogen-bond acceptors (Lipinski definition) is 4. The number of carbonyl (C=O) groups is 1. The van der Waals surface area contributed by atoms with Crippen LogP contribution in [0.3, 0.4) is 0 Å². The minimum absolute atomic E-state index is 0.116. The first-order chi connectivity index (χ1) is 12.0. The fraction of sp³-hybridized carbons (Fsp3) is 0.450. The molecule has 1 aliphatic rings. The molecular weight excluding hydrogens is 312 g/mol. The summed E-state index contributed by atoms with van der Waals surface area (Å²) in [7, 11) is 0. The van der Waals surface area contributed by atoms with E-state index >= 15 is 0 Å². The lowest BCUT2D eigenvalue weighted by Gasteiger charge is -2.22. The summed E-state index contributed by atoms with van der Waals surface area (Å²) in [5.41, 5.74) is 4.90. The third kappa shape index (κ3) is 4.35. The van der Waals surface area contributed by atoms with E-state index in [1.165, 1.54) is 24.8 Å². The van der Waals surface area contributed by atoms with Crippen LogP contribution in [0.2, 0.25) is 0 Å². The molecule has 2 aromatic rings. The SMILES string of the molecule is Cc1cc(C)c(Nc2nccc(C(=O)NC3CCCCC3)n2)c(C)c1. The molecule has 0 saturated heterocycles. The molecule has 132 valence electrons. The molecule has 1 saturated carbocycles. The summed E-state index contributed by atoms with van der Waals surface area (Å²) in [6.45, 7) is 6.19. The summed E-state index contributed by atoms with van der Waals surface area (Å²) >= 11 is 0. The molecule has 1 aliphatic carbocycles. The predicted molar refractivity (Wildman–Crippen MR) is 100 cm³/mol. The Morgan fingerprint density at radius 2 is 1.76 bits per heavy atom. The number of aryl methyl sites for hydroxylation is 3. The molecule has 0 radical (unpaired) electrons. The zero-order valence-corrected chi connectivity index (χ0v) is 15.2. The van der Waals surface area contributed by atoms with Crippen molar-refractivity contribution in [2.45, 2.75) is 58.9 Å². The first kappa shape index (κ1) is 17.4. The van der Waals surface area contributed by atoms with Crippen LogP contribution in [0.5, 0.6) is 0 Å². The predicted octanol–water partition coefficient (Wildman–Crippen LogP) is 4.21. The van der Waals surface area contributed by atoms with Crippen LogP contribution in [-0.4, -0.2) is 21.9 Å². The zero-order valence-electron chi connectivity index (χ0n) is 15.2. The van der Waals surface area contributed by atoms with E-state index in [1.807, 2.05) is 0 Å². The minimum Gasteiger partial charge on any atom is -0.348 e. The fourth-order valence-corrected chi connectivity index (χ4v) is 3.54. The second-order valence-corrected chi connectivity index (χ2v) is 6.97. The van der Waals surface area contributed by atoms with Crippen LogP contribution in [0.15, 0.2) is 24.4 Å². The molecule has 2 N–H and O–H groups in total. The molecule has 1 aromatic carbocycles. The van der Waals surface area contributed by atoms with Gasteiger partial charge in [0.15, 0.2) is 0 Å². The number of amides is 1. The largest absolute Gasteiger partial charge is 0.348 e. The van der Waals surface area contributed by atoms with Crippen molar-refractivity contribution in [2.75, 3.05) is 5.32 Å². The fourth-order valence-electron chi connectivity index (χ4n) is 3.54. The van der Waals surface area contributed by atoms with E-state index in [0.29, 0.717) is 11.6 Å². The van der Waals surface area contributed by atoms with E-state index < -0.39 is 0 Å². The molecule has 0 aliphatic heterocycles. The Hall–Kier alpha value is -2.43. The van der Waals surface area contributed by atoms with Crippen molar-refractivity contribution in [3.8, 4) is 0 Å². The maximum Gasteiger partial charge on any atom is 0.270 e. The van der Waals surface area contributed by atoms with Gasteiger partial charge in [0, 0.05) is 17.9 Å². The Bertz CT molecular complexity index is 743. The van der Waals surface area contributed by atoms with E-state index in [-0.39, 0.29) is 11.9 Å². The van der Waals surface area contributed by atoms with Crippen molar-refractivity contribution >= 4 is 17.5 Å². The van der Waals surface area contributed by atoms with Gasteiger partial charge in [-0.05, 0) is 50.8 Å². The van der Waals surface area contributed by atoms with Gasteiger partial charge >= 0.3 is 0 Å². The van der Waals surface area contributed by atoms with Gasteiger partial charge in [0.2, 0.25) is 5.95 Å². The van der Waals surface area contributed by atoms with Crippen molar-refractivity contribution < 1.29 is 4.79 Å². The lowest BCUT2D eigenvalue weighted by molar-refractivity contribution is 0.0922. The van der Waals surface area contributed by atoms with Gasteiger partial charge in [-0.15, -0.1) is 0 Å². The van der Waals surface area contributed by atoms with Crippen LogP contribution in [0.4, 0.5) is 11.6 Å². The Balaban J connectivity index is 1.74. The van der Waals surface area contributed by atoms with Crippen LogP contribution in [0.25, 0.3) is 0 Å². The topological polar surface area (TPSA) is 66.9 Å². The summed E-state index contributed by atoms with van der Waals surface area (Å²) in [5, 5.41) is 6.36. The molecule has 0 unspecified atom stereocenters. The Morgan fingerprint density at radius 1 is 1.08 bits per heavy atom. The Labute approximate surface area is 149 Å². The van der Waals surface area contributed by atoms with Crippen LogP contribution in [-0.2, 0) is 0 Å². The number of carbonyl (C=O) groups excluding carboxylic acids is 1. The highest BCUT2D eigenvalue weighted by atomic mass is 16.1. The number of nitrogens with zero attached hydrogens (tertiary/aromatic N) is 2. The number of hydrogen-bond donors (Lipinski definition) is 2. The van der Waals surface area contributed by atoms with Crippen molar-refractivity contribution in [1.82, 2.24) is 15.3 Å². The molecule has 0 atom stereocenters. The number of benzene rings is 1. The number of aromatic nitrogens is 2. The zero-order chi connectivity index (χ0) is 17.8. The highest BCUT2D eigenvalue weighted by molar-refractivity contribution is 5.92. The summed E-state index contributed by atoms with van der Waals surface area (Å²) in [6.07, 6.45) is 7.39. The molecule has 1 fully saturated rings. The highest BCUT2D eigenvalue weighted by Crippen LogP contribution is 2.24. The van der Waals surface area contributed by atoms with Gasteiger partial charge in [-0.3, -0.25) is 4.79 Å². The van der Waals surface area contributed by atoms with Crippen LogP contribution < -0.4 is 10.6 Å². The van der Waals surface area contributed by atoms with E-state index in [4.69, 9.17) is 0 Å². The van der Waals surface area contributed by atoms with Crippen molar-refractivity contribution in [2.24, 2.45) is 0 Å². The van der Waals surface area contributed by atoms with E-state index in [9.17, 15) is 4.79 Å². The van der Waals surface area contributed by atoms with Gasteiger partial charge in [0.1, 0.15) is 5.69 Å². The van der Waals surface area contributed by atoms with Gasteiger partial charge < -0.3 is 10.6 Å². The second kappa shape index (κ2) is 7.64. The molecule has 0 bridgehead atoms. The lowest BCUT2D eigenvalue weighted by atomic mass is 9.95. The minimum atomic E-state index is -0.116. The summed E-state index contributed by atoms with van der Waals surface area (Å²) in [6, 6.07) is 6.18. The average Bonchev–Trinajstić information content (AvgIpc) is 2.59. The quantitative estimate of drug-likeness (QED) is 0.876. The third-order valence-electron chi connectivity index (χ3n) is 4.74. The van der Waals surface area contributed by atoms with Crippen molar-refractivity contribution in [1.29, 1.82) is 0 Å². The molecular formula is C20H26N4O. The first-order valence-corrected chi connectivity index (χ1v) is 9.02. The molecule has 25 heavy (non-hydrogen) atoms. The molecule has 5 heteroatoms. The average molecular weight is 338 g/mol. The molecule has 1 heterocycles. The summed E-state index contributed by atoms with van der Waals surface area (Å²) in [5.74, 6) is 0.334. The first-order valence-electron chi connectivity index (χ1n) is 9.02. The monoisotopic (exact) mass is 338 g/mol. The molecule has 5 nitrogen and oxygen atoms in total. The molecule has 1 amide bonds. The van der Waals surface area contributed by atoms with Crippen LogP contribution in [0.1, 0.15) is 59.3 Å². The number of nitrogens with one attached hydrogen (secondary N) is 2. The van der Waals surface area contributed by atoms with Gasteiger partial charge in [-0.2, -0.15) is 0 Å². The van der Waals surface area contributed by atoms with Crippen LogP contribution >= 0.6 is 0 Å². The molecule has 0 spiro atoms. The second-order valence-electron chi connectivity index (χ2n) is 6.97. The van der Waals surface area contributed by atoms with Gasteiger partial charge in [0.25, 0.3) is 5.91 Å². The summed E-state index contributed by atoms with van der Waals surface area (Å²) in [4.78, 5) is 21.1. The van der Waals surface area contributed by atoms with Crippen molar-refractivity contribution in [3.05, 3.63) is 46.8 Å². The Kier molecular flexibility index (Phi) is 5.31. The maximum absolute atomic E-state index is 12.5. The van der Waals surface area contributed by atoms with Crippen LogP contribution in [0, 0.1) is 20.8 Å².